The summed E-state index contributed by atoms with van der Waals surface area (Å²) in [6.07, 6.45) is 1.15. The van der Waals surface area contributed by atoms with Gasteiger partial charge in [-0.05, 0) is 37.0 Å². The SMILES string of the molecule is Cc1ccc2c(c1)[C@]1(N[C@H](Cc3ccccc3)[C@H]3C(=O)N(CCc4ccccc4)C(=O)[C@@H]31)C(=O)N2. The Bertz CT molecular complexity index is 1320. The van der Waals surface area contributed by atoms with Gasteiger partial charge in [0.15, 0.2) is 0 Å². The predicted molar refractivity (Wildman–Crippen MR) is 132 cm³/mol. The van der Waals surface area contributed by atoms with Crippen molar-refractivity contribution in [1.82, 2.24) is 10.2 Å². The van der Waals surface area contributed by atoms with E-state index in [0.717, 1.165) is 22.3 Å². The zero-order valence-electron chi connectivity index (χ0n) is 19.5. The van der Waals surface area contributed by atoms with Crippen LogP contribution in [0.5, 0.6) is 0 Å². The second-order valence-electron chi connectivity index (χ2n) is 9.82. The number of fused-ring (bicyclic) bond motifs is 4. The third kappa shape index (κ3) is 3.32. The molecule has 3 aromatic carbocycles. The molecule has 0 saturated carbocycles. The number of carbonyl (C=O) groups is 3. The number of nitrogens with one attached hydrogen (secondary N) is 2. The van der Waals surface area contributed by atoms with Crippen molar-refractivity contribution in [3.05, 3.63) is 101 Å². The molecule has 3 aliphatic rings. The number of aryl methyl sites for hydroxylation is 1. The molecular formula is C29H27N3O3. The summed E-state index contributed by atoms with van der Waals surface area (Å²) < 4.78 is 0. The monoisotopic (exact) mass is 465 g/mol. The average Bonchev–Trinajstić information content (AvgIpc) is 3.44. The Kier molecular flexibility index (Phi) is 5.07. The van der Waals surface area contributed by atoms with E-state index in [0.29, 0.717) is 25.1 Å². The van der Waals surface area contributed by atoms with Crippen LogP contribution in [0.3, 0.4) is 0 Å². The molecule has 2 N–H and O–H groups in total. The molecule has 6 rings (SSSR count). The van der Waals surface area contributed by atoms with Gasteiger partial charge in [-0.25, -0.2) is 0 Å². The zero-order valence-corrected chi connectivity index (χ0v) is 19.5. The average molecular weight is 466 g/mol. The van der Waals surface area contributed by atoms with Crippen molar-refractivity contribution < 1.29 is 14.4 Å². The van der Waals surface area contributed by atoms with E-state index in [1.54, 1.807) is 0 Å². The molecule has 2 fully saturated rings. The number of rotatable bonds is 5. The normalized spacial score (nSPS) is 26.8. The lowest BCUT2D eigenvalue weighted by molar-refractivity contribution is -0.142. The first-order valence-electron chi connectivity index (χ1n) is 12.1. The van der Waals surface area contributed by atoms with E-state index in [1.807, 2.05) is 85.8 Å². The molecule has 3 aliphatic heterocycles. The largest absolute Gasteiger partial charge is 0.324 e. The summed E-state index contributed by atoms with van der Waals surface area (Å²) in [6, 6.07) is 25.2. The van der Waals surface area contributed by atoms with E-state index in [1.165, 1.54) is 4.90 Å². The molecule has 2 saturated heterocycles. The molecule has 3 amide bonds. The van der Waals surface area contributed by atoms with Crippen LogP contribution in [-0.4, -0.2) is 35.2 Å². The molecular weight excluding hydrogens is 438 g/mol. The summed E-state index contributed by atoms with van der Waals surface area (Å²) in [6.45, 7) is 2.28. The fourth-order valence-electron chi connectivity index (χ4n) is 6.12. The number of imide groups is 1. The van der Waals surface area contributed by atoms with Gasteiger partial charge in [-0.2, -0.15) is 0 Å². The molecule has 0 radical (unpaired) electrons. The Morgan fingerprint density at radius 2 is 1.54 bits per heavy atom. The summed E-state index contributed by atoms with van der Waals surface area (Å²) in [5, 5.41) is 6.50. The van der Waals surface area contributed by atoms with Crippen molar-refractivity contribution in [1.29, 1.82) is 0 Å². The highest BCUT2D eigenvalue weighted by molar-refractivity contribution is 6.15. The topological polar surface area (TPSA) is 78.5 Å². The number of hydrogen-bond donors (Lipinski definition) is 2. The molecule has 0 bridgehead atoms. The number of benzene rings is 3. The molecule has 3 heterocycles. The van der Waals surface area contributed by atoms with E-state index >= 15 is 0 Å². The van der Waals surface area contributed by atoms with Gasteiger partial charge in [-0.1, -0.05) is 78.4 Å². The minimum atomic E-state index is -1.25. The highest BCUT2D eigenvalue weighted by Crippen LogP contribution is 2.53. The predicted octanol–water partition coefficient (Wildman–Crippen LogP) is 3.20. The lowest BCUT2D eigenvalue weighted by Gasteiger charge is -2.29. The lowest BCUT2D eigenvalue weighted by Crippen LogP contribution is -2.53. The molecule has 6 heteroatoms. The summed E-state index contributed by atoms with van der Waals surface area (Å²) >= 11 is 0. The van der Waals surface area contributed by atoms with Gasteiger partial charge >= 0.3 is 0 Å². The summed E-state index contributed by atoms with van der Waals surface area (Å²) in [7, 11) is 0. The third-order valence-electron chi connectivity index (χ3n) is 7.73. The van der Waals surface area contributed by atoms with Crippen LogP contribution in [0.4, 0.5) is 5.69 Å². The van der Waals surface area contributed by atoms with Gasteiger partial charge in [0.05, 0.1) is 11.8 Å². The van der Waals surface area contributed by atoms with Gasteiger partial charge < -0.3 is 5.32 Å². The minimum absolute atomic E-state index is 0.185. The number of anilines is 1. The maximum atomic E-state index is 13.9. The second-order valence-corrected chi connectivity index (χ2v) is 9.82. The Hall–Kier alpha value is -3.77. The highest BCUT2D eigenvalue weighted by atomic mass is 16.2. The molecule has 6 nitrogen and oxygen atoms in total. The molecule has 3 aromatic rings. The molecule has 0 unspecified atom stereocenters. The number of hydrogen-bond acceptors (Lipinski definition) is 4. The quantitative estimate of drug-likeness (QED) is 0.568. The Morgan fingerprint density at radius 3 is 2.26 bits per heavy atom. The van der Waals surface area contributed by atoms with Crippen molar-refractivity contribution in [2.45, 2.75) is 31.3 Å². The maximum absolute atomic E-state index is 13.9. The Labute approximate surface area is 204 Å². The van der Waals surface area contributed by atoms with E-state index in [2.05, 4.69) is 10.6 Å². The molecule has 35 heavy (non-hydrogen) atoms. The molecule has 0 aliphatic carbocycles. The van der Waals surface area contributed by atoms with Gasteiger partial charge in [0.25, 0.3) is 0 Å². The number of nitrogens with zero attached hydrogens (tertiary/aromatic N) is 1. The summed E-state index contributed by atoms with van der Waals surface area (Å²) in [5.74, 6) is -2.08. The van der Waals surface area contributed by atoms with Crippen molar-refractivity contribution in [2.24, 2.45) is 11.8 Å². The molecule has 1 spiro atoms. The number of likely N-dealkylation sites (tertiary alicyclic amines) is 1. The number of amides is 3. The third-order valence-corrected chi connectivity index (χ3v) is 7.73. The fraction of sp³-hybridized carbons (Fsp3) is 0.276. The van der Waals surface area contributed by atoms with Crippen LogP contribution in [0, 0.1) is 18.8 Å². The molecule has 0 aromatic heterocycles. The number of carbonyl (C=O) groups excluding carboxylic acids is 3. The lowest BCUT2D eigenvalue weighted by atomic mass is 9.76. The molecule has 4 atom stereocenters. The first kappa shape index (κ1) is 21.7. The first-order chi connectivity index (χ1) is 17.0. The van der Waals surface area contributed by atoms with E-state index < -0.39 is 17.4 Å². The Balaban J connectivity index is 1.41. The van der Waals surface area contributed by atoms with E-state index in [9.17, 15) is 14.4 Å². The highest BCUT2D eigenvalue weighted by Gasteiger charge is 2.70. The van der Waals surface area contributed by atoms with Crippen LogP contribution in [0.25, 0.3) is 0 Å². The van der Waals surface area contributed by atoms with Crippen LogP contribution in [-0.2, 0) is 32.8 Å². The standard InChI is InChI=1S/C29H27N3O3/c1-18-12-13-22-21(16-18)29(28(35)30-22)25-24(23(31-29)17-20-10-6-3-7-11-20)26(33)32(27(25)34)15-14-19-8-4-2-5-9-19/h2-13,16,23-25,31H,14-15,17H2,1H3,(H,30,35)/t23-,24-,25-,29-/m1/s1. The summed E-state index contributed by atoms with van der Waals surface area (Å²) in [4.78, 5) is 42.7. The van der Waals surface area contributed by atoms with E-state index in [4.69, 9.17) is 0 Å². The van der Waals surface area contributed by atoms with Gasteiger partial charge in [0.2, 0.25) is 17.7 Å². The minimum Gasteiger partial charge on any atom is -0.324 e. The smallest absolute Gasteiger partial charge is 0.250 e. The van der Waals surface area contributed by atoms with Gasteiger partial charge in [-0.15, -0.1) is 0 Å². The van der Waals surface area contributed by atoms with Gasteiger partial charge in [-0.3, -0.25) is 24.6 Å². The van der Waals surface area contributed by atoms with Crippen molar-refractivity contribution in [3.63, 3.8) is 0 Å². The fourth-order valence-corrected chi connectivity index (χ4v) is 6.12. The van der Waals surface area contributed by atoms with Crippen LogP contribution < -0.4 is 10.6 Å². The van der Waals surface area contributed by atoms with Crippen LogP contribution in [0.1, 0.15) is 22.3 Å². The van der Waals surface area contributed by atoms with Crippen molar-refractivity contribution >= 4 is 23.4 Å². The summed E-state index contributed by atoms with van der Waals surface area (Å²) in [5.41, 5.74) is 3.35. The molecule has 176 valence electrons. The van der Waals surface area contributed by atoms with Crippen molar-refractivity contribution in [2.75, 3.05) is 11.9 Å². The van der Waals surface area contributed by atoms with Crippen LogP contribution in [0.15, 0.2) is 78.9 Å². The maximum Gasteiger partial charge on any atom is 0.250 e. The Morgan fingerprint density at radius 1 is 0.857 bits per heavy atom. The second kappa shape index (κ2) is 8.17. The van der Waals surface area contributed by atoms with E-state index in [-0.39, 0.29) is 23.8 Å². The van der Waals surface area contributed by atoms with Gasteiger partial charge in [0.1, 0.15) is 5.54 Å². The van der Waals surface area contributed by atoms with Gasteiger partial charge in [0, 0.05) is 23.8 Å². The van der Waals surface area contributed by atoms with Crippen LogP contribution in [0.2, 0.25) is 0 Å². The van der Waals surface area contributed by atoms with Crippen LogP contribution >= 0.6 is 0 Å². The zero-order chi connectivity index (χ0) is 24.2. The van der Waals surface area contributed by atoms with Crippen molar-refractivity contribution in [3.8, 4) is 0 Å². The first-order valence-corrected chi connectivity index (χ1v) is 12.1.